The standard InChI is InChI=1S/C24H24F2N6O2/c1-12-22(32(2)31-30-12)15-5-4-6-16(23(15)34-3)28-17-9-14(10-20(33)13-7-8-13)27-18-11-19(24(25)26)29-21(17)18/h4-6,9,13,24H,7-8,10-11H2,1-3H3,(H,27,28). The number of carbonyl (C=O) groups excluding carboxylic acids is 1. The molecule has 10 heteroatoms. The molecule has 176 valence electrons. The summed E-state index contributed by atoms with van der Waals surface area (Å²) in [6.07, 6.45) is -0.728. The molecule has 0 amide bonds. The number of carbonyl (C=O) groups is 1. The van der Waals surface area contributed by atoms with Crippen molar-refractivity contribution in [1.29, 1.82) is 0 Å². The number of rotatable bonds is 8. The highest BCUT2D eigenvalue weighted by Gasteiger charge is 2.31. The minimum atomic E-state index is -2.67. The van der Waals surface area contributed by atoms with Crippen LogP contribution in [-0.2, 0) is 24.7 Å². The molecule has 3 heterocycles. The number of methoxy groups -OCH3 is 1. The van der Waals surface area contributed by atoms with Crippen LogP contribution in [0.5, 0.6) is 5.75 Å². The molecular weight excluding hydrogens is 442 g/mol. The Kier molecular flexibility index (Phi) is 5.59. The lowest BCUT2D eigenvalue weighted by atomic mass is 10.1. The molecule has 0 unspecified atom stereocenters. The number of alkyl halides is 2. The number of aliphatic imine (C=N–C) groups is 1. The fourth-order valence-electron chi connectivity index (χ4n) is 4.31. The van der Waals surface area contributed by atoms with Crippen molar-refractivity contribution in [2.24, 2.45) is 18.0 Å². The van der Waals surface area contributed by atoms with E-state index in [1.165, 1.54) is 0 Å². The fourth-order valence-corrected chi connectivity index (χ4v) is 4.31. The number of benzene rings is 1. The summed E-state index contributed by atoms with van der Waals surface area (Å²) in [5.41, 5.74) is 4.58. The lowest BCUT2D eigenvalue weighted by molar-refractivity contribution is -0.119. The average molecular weight is 466 g/mol. The van der Waals surface area contributed by atoms with E-state index >= 15 is 0 Å². The molecule has 8 nitrogen and oxygen atoms in total. The number of nitrogens with zero attached hydrogens (tertiary/aromatic N) is 5. The summed E-state index contributed by atoms with van der Waals surface area (Å²) in [4.78, 5) is 21.1. The molecule has 3 aromatic rings. The van der Waals surface area contributed by atoms with Crippen LogP contribution in [0.25, 0.3) is 11.3 Å². The van der Waals surface area contributed by atoms with Crippen molar-refractivity contribution in [3.63, 3.8) is 0 Å². The number of ketones is 1. The van der Waals surface area contributed by atoms with Gasteiger partial charge in [-0.1, -0.05) is 11.3 Å². The Hall–Kier alpha value is -3.69. The molecular formula is C24H24F2N6O2. The van der Waals surface area contributed by atoms with Crippen molar-refractivity contribution in [3.05, 3.63) is 41.3 Å². The minimum absolute atomic E-state index is 0.0375. The number of hydrogen-bond donors (Lipinski definition) is 1. The van der Waals surface area contributed by atoms with E-state index in [9.17, 15) is 13.6 Å². The maximum Gasteiger partial charge on any atom is 0.277 e. The van der Waals surface area contributed by atoms with Crippen LogP contribution in [0.1, 0.15) is 29.9 Å². The third-order valence-corrected chi connectivity index (χ3v) is 6.10. The van der Waals surface area contributed by atoms with Crippen molar-refractivity contribution < 1.29 is 18.3 Å². The van der Waals surface area contributed by atoms with Gasteiger partial charge in [-0.25, -0.2) is 18.5 Å². The number of nitrogens with one attached hydrogen (secondary N) is 1. The Balaban J connectivity index is 1.57. The molecule has 1 N–H and O–H groups in total. The normalized spacial score (nSPS) is 14.8. The van der Waals surface area contributed by atoms with Gasteiger partial charge in [0, 0.05) is 31.4 Å². The zero-order valence-electron chi connectivity index (χ0n) is 19.1. The predicted octanol–water partition coefficient (Wildman–Crippen LogP) is 4.35. The number of aryl methyl sites for hydroxylation is 2. The number of aromatic nitrogens is 4. The summed E-state index contributed by atoms with van der Waals surface area (Å²) in [6.45, 7) is 1.86. The first-order chi connectivity index (χ1) is 16.4. The van der Waals surface area contributed by atoms with Crippen molar-refractivity contribution in [2.45, 2.75) is 39.0 Å². The monoisotopic (exact) mass is 466 g/mol. The van der Waals surface area contributed by atoms with E-state index in [2.05, 4.69) is 25.6 Å². The van der Waals surface area contributed by atoms with Crippen molar-refractivity contribution in [2.75, 3.05) is 12.4 Å². The summed E-state index contributed by atoms with van der Waals surface area (Å²) in [5.74, 6) is 0.769. The van der Waals surface area contributed by atoms with E-state index < -0.39 is 6.43 Å². The third-order valence-electron chi connectivity index (χ3n) is 6.10. The molecule has 0 saturated heterocycles. The summed E-state index contributed by atoms with van der Waals surface area (Å²) in [7, 11) is 3.36. The van der Waals surface area contributed by atoms with Crippen LogP contribution in [0.15, 0.2) is 29.3 Å². The van der Waals surface area contributed by atoms with Gasteiger partial charge in [-0.2, -0.15) is 0 Å². The zero-order valence-corrected chi connectivity index (χ0v) is 19.1. The smallest absolute Gasteiger partial charge is 0.277 e. The highest BCUT2D eigenvalue weighted by molar-refractivity contribution is 5.99. The number of ether oxygens (including phenoxy) is 1. The second kappa shape index (κ2) is 8.58. The van der Waals surface area contributed by atoms with Gasteiger partial charge in [-0.3, -0.25) is 9.78 Å². The molecule has 1 saturated carbocycles. The lowest BCUT2D eigenvalue weighted by Gasteiger charge is -2.17. The van der Waals surface area contributed by atoms with Gasteiger partial charge in [0.05, 0.1) is 47.0 Å². The number of Topliss-reactive ketones (excluding diaryl/α,β-unsaturated/α-hetero) is 1. The summed E-state index contributed by atoms with van der Waals surface area (Å²) >= 11 is 0. The maximum atomic E-state index is 13.4. The summed E-state index contributed by atoms with van der Waals surface area (Å²) in [5, 5.41) is 11.5. The van der Waals surface area contributed by atoms with E-state index in [-0.39, 0.29) is 30.3 Å². The molecule has 0 spiro atoms. The summed E-state index contributed by atoms with van der Waals surface area (Å²) in [6, 6.07) is 7.31. The topological polar surface area (TPSA) is 94.3 Å². The van der Waals surface area contributed by atoms with E-state index in [0.717, 1.165) is 29.8 Å². The molecule has 1 aliphatic carbocycles. The van der Waals surface area contributed by atoms with Gasteiger partial charge in [-0.15, -0.1) is 5.10 Å². The van der Waals surface area contributed by atoms with Crippen LogP contribution in [0.4, 0.5) is 25.8 Å². The molecule has 1 aromatic carbocycles. The first-order valence-electron chi connectivity index (χ1n) is 11.1. The highest BCUT2D eigenvalue weighted by Crippen LogP contribution is 2.42. The molecule has 1 fully saturated rings. The number of hydrogen-bond acceptors (Lipinski definition) is 7. The predicted molar refractivity (Wildman–Crippen MR) is 123 cm³/mol. The number of fused-ring (bicyclic) bond motifs is 1. The van der Waals surface area contributed by atoms with E-state index in [0.29, 0.717) is 34.2 Å². The largest absolute Gasteiger partial charge is 0.494 e. The molecule has 0 atom stereocenters. The first kappa shape index (κ1) is 22.1. The number of pyridine rings is 1. The first-order valence-corrected chi connectivity index (χ1v) is 11.1. The maximum absolute atomic E-state index is 13.4. The molecule has 0 radical (unpaired) electrons. The van der Waals surface area contributed by atoms with Crippen LogP contribution < -0.4 is 10.1 Å². The minimum Gasteiger partial charge on any atom is -0.494 e. The van der Waals surface area contributed by atoms with E-state index in [1.54, 1.807) is 24.9 Å². The molecule has 1 aliphatic heterocycles. The third kappa shape index (κ3) is 4.04. The molecule has 2 aliphatic rings. The van der Waals surface area contributed by atoms with Gasteiger partial charge in [0.15, 0.2) is 5.75 Å². The summed E-state index contributed by atoms with van der Waals surface area (Å²) < 4.78 is 34.3. The van der Waals surface area contributed by atoms with Gasteiger partial charge in [0.2, 0.25) is 0 Å². The Bertz CT molecular complexity index is 1290. The van der Waals surface area contributed by atoms with Gasteiger partial charge in [0.1, 0.15) is 11.5 Å². The van der Waals surface area contributed by atoms with E-state index in [1.807, 2.05) is 25.1 Å². The van der Waals surface area contributed by atoms with Gasteiger partial charge < -0.3 is 10.1 Å². The molecule has 2 aromatic heterocycles. The lowest BCUT2D eigenvalue weighted by Crippen LogP contribution is -2.11. The quantitative estimate of drug-likeness (QED) is 0.530. The average Bonchev–Trinajstić information content (AvgIpc) is 3.48. The van der Waals surface area contributed by atoms with Gasteiger partial charge in [0.25, 0.3) is 6.43 Å². The van der Waals surface area contributed by atoms with Crippen molar-refractivity contribution in [1.82, 2.24) is 20.0 Å². The van der Waals surface area contributed by atoms with Crippen LogP contribution in [0, 0.1) is 12.8 Å². The van der Waals surface area contributed by atoms with Crippen molar-refractivity contribution in [3.8, 4) is 17.0 Å². The molecule has 5 rings (SSSR count). The SMILES string of the molecule is COc1c(Nc2cc(CC(=O)C3CC3)nc3c2N=C(C(F)F)C3)cccc1-c1c(C)nnn1C. The zero-order chi connectivity index (χ0) is 24.0. The fraction of sp³-hybridized carbons (Fsp3) is 0.375. The Labute approximate surface area is 195 Å². The Morgan fingerprint density at radius 2 is 2.09 bits per heavy atom. The number of para-hydroxylation sites is 1. The Morgan fingerprint density at radius 3 is 2.74 bits per heavy atom. The molecule has 0 bridgehead atoms. The Morgan fingerprint density at radius 1 is 1.29 bits per heavy atom. The van der Waals surface area contributed by atoms with E-state index in [4.69, 9.17) is 4.74 Å². The van der Waals surface area contributed by atoms with Gasteiger partial charge in [-0.05, 0) is 38.0 Å². The van der Waals surface area contributed by atoms with Crippen LogP contribution in [-0.4, -0.2) is 45.0 Å². The van der Waals surface area contributed by atoms with Crippen molar-refractivity contribution >= 4 is 28.6 Å². The molecule has 34 heavy (non-hydrogen) atoms. The van der Waals surface area contributed by atoms with Gasteiger partial charge >= 0.3 is 0 Å². The highest BCUT2D eigenvalue weighted by atomic mass is 19.3. The number of halogens is 2. The van der Waals surface area contributed by atoms with Crippen LogP contribution in [0.2, 0.25) is 0 Å². The number of anilines is 2. The van der Waals surface area contributed by atoms with Crippen LogP contribution in [0.3, 0.4) is 0 Å². The van der Waals surface area contributed by atoms with Crippen LogP contribution >= 0.6 is 0 Å². The second-order valence-corrected chi connectivity index (χ2v) is 8.61. The second-order valence-electron chi connectivity index (χ2n) is 8.61.